The monoisotopic (exact) mass is 510 g/mol. The van der Waals surface area contributed by atoms with E-state index in [0.29, 0.717) is 21.7 Å². The summed E-state index contributed by atoms with van der Waals surface area (Å²) in [6.07, 6.45) is 0.783. The Labute approximate surface area is 205 Å². The van der Waals surface area contributed by atoms with Gasteiger partial charge in [-0.25, -0.2) is 8.42 Å². The smallest absolute Gasteiger partial charge is 0.279 e. The predicted molar refractivity (Wildman–Crippen MR) is 135 cm³/mol. The number of thiazole rings is 1. The van der Waals surface area contributed by atoms with Gasteiger partial charge < -0.3 is 4.57 Å². The van der Waals surface area contributed by atoms with Crippen molar-refractivity contribution in [2.45, 2.75) is 24.8 Å². The number of aromatic nitrogens is 1. The van der Waals surface area contributed by atoms with Crippen LogP contribution in [0.25, 0.3) is 10.2 Å². The molecule has 0 bridgehead atoms. The maximum atomic E-state index is 13.0. The zero-order valence-corrected chi connectivity index (χ0v) is 20.6. The quantitative estimate of drug-likeness (QED) is 0.266. The normalized spacial score (nSPS) is 12.1. The second-order valence-electron chi connectivity index (χ2n) is 7.69. The Morgan fingerprint density at radius 2 is 1.77 bits per heavy atom. The van der Waals surface area contributed by atoms with Gasteiger partial charge in [0.25, 0.3) is 21.6 Å². The number of carbonyl (C=O) groups is 1. The highest BCUT2D eigenvalue weighted by Crippen LogP contribution is 2.24. The van der Waals surface area contributed by atoms with Crippen LogP contribution in [0.5, 0.6) is 0 Å². The van der Waals surface area contributed by atoms with Gasteiger partial charge in [0.1, 0.15) is 0 Å². The van der Waals surface area contributed by atoms with Gasteiger partial charge in [0.05, 0.1) is 25.7 Å². The topological polar surface area (TPSA) is 115 Å². The third-order valence-corrected chi connectivity index (χ3v) is 8.24. The van der Waals surface area contributed by atoms with E-state index in [-0.39, 0.29) is 16.1 Å². The highest BCUT2D eigenvalue weighted by Gasteiger charge is 2.21. The van der Waals surface area contributed by atoms with Crippen molar-refractivity contribution in [1.29, 1.82) is 0 Å². The van der Waals surface area contributed by atoms with Crippen molar-refractivity contribution in [3.8, 4) is 0 Å². The minimum Gasteiger partial charge on any atom is -0.316 e. The average Bonchev–Trinajstić information content (AvgIpc) is 3.20. The fourth-order valence-electron chi connectivity index (χ4n) is 3.56. The molecule has 11 heteroatoms. The number of nitrogens with zero attached hydrogens (tertiary/aromatic N) is 4. The van der Waals surface area contributed by atoms with Crippen LogP contribution in [0, 0.1) is 10.1 Å². The van der Waals surface area contributed by atoms with Crippen LogP contribution in [0.4, 0.5) is 11.4 Å². The summed E-state index contributed by atoms with van der Waals surface area (Å²) >= 11 is 1.20. The fourth-order valence-corrected chi connectivity index (χ4v) is 5.84. The van der Waals surface area contributed by atoms with Crippen molar-refractivity contribution in [1.82, 2.24) is 4.57 Å². The number of nitro groups is 1. The van der Waals surface area contributed by atoms with E-state index in [2.05, 4.69) is 4.99 Å². The number of hydrogen-bond donors (Lipinski definition) is 0. The summed E-state index contributed by atoms with van der Waals surface area (Å²) in [5, 5.41) is 11.1. The van der Waals surface area contributed by atoms with Crippen molar-refractivity contribution in [3.63, 3.8) is 0 Å². The first-order chi connectivity index (χ1) is 16.7. The maximum Gasteiger partial charge on any atom is 0.279 e. The van der Waals surface area contributed by atoms with E-state index in [1.165, 1.54) is 59.1 Å². The Morgan fingerprint density at radius 3 is 2.40 bits per heavy atom. The second kappa shape index (κ2) is 9.80. The Kier molecular flexibility index (Phi) is 6.81. The zero-order valence-electron chi connectivity index (χ0n) is 19.0. The SMILES string of the molecule is CCCn1c(=NC(=O)c2ccc(S(=O)(=O)N(C)c3ccccc3)cc2)sc2cc([N+](=O)[O-])ccc21. The Bertz CT molecular complexity index is 1570. The number of anilines is 1. The van der Waals surface area contributed by atoms with Gasteiger partial charge >= 0.3 is 0 Å². The molecule has 1 heterocycles. The first kappa shape index (κ1) is 24.3. The van der Waals surface area contributed by atoms with E-state index in [9.17, 15) is 23.3 Å². The van der Waals surface area contributed by atoms with Crippen molar-refractivity contribution in [2.24, 2.45) is 4.99 Å². The third-order valence-electron chi connectivity index (χ3n) is 5.40. The van der Waals surface area contributed by atoms with Crippen LogP contribution >= 0.6 is 11.3 Å². The second-order valence-corrected chi connectivity index (χ2v) is 10.7. The summed E-state index contributed by atoms with van der Waals surface area (Å²) in [5.41, 5.74) is 1.49. The van der Waals surface area contributed by atoms with Gasteiger partial charge in [-0.3, -0.25) is 19.2 Å². The molecule has 0 unspecified atom stereocenters. The first-order valence-electron chi connectivity index (χ1n) is 10.7. The number of nitro benzene ring substituents is 1. The molecule has 4 rings (SSSR count). The number of para-hydroxylation sites is 1. The molecule has 180 valence electrons. The number of fused-ring (bicyclic) bond motifs is 1. The van der Waals surface area contributed by atoms with E-state index in [0.717, 1.165) is 11.9 Å². The Hall–Kier alpha value is -3.83. The van der Waals surface area contributed by atoms with E-state index in [1.807, 2.05) is 11.5 Å². The number of aryl methyl sites for hydroxylation is 1. The van der Waals surface area contributed by atoms with Crippen LogP contribution in [0.1, 0.15) is 23.7 Å². The van der Waals surface area contributed by atoms with Crippen LogP contribution in [0.15, 0.2) is 82.7 Å². The molecule has 0 N–H and O–H groups in total. The van der Waals surface area contributed by atoms with Gasteiger partial charge in [-0.15, -0.1) is 0 Å². The molecule has 0 atom stereocenters. The summed E-state index contributed by atoms with van der Waals surface area (Å²) in [5.74, 6) is -0.531. The lowest BCUT2D eigenvalue weighted by Crippen LogP contribution is -2.26. The van der Waals surface area contributed by atoms with E-state index >= 15 is 0 Å². The molecule has 4 aromatic rings. The lowest BCUT2D eigenvalue weighted by atomic mass is 10.2. The molecule has 0 fully saturated rings. The number of non-ortho nitro benzene ring substituents is 1. The van der Waals surface area contributed by atoms with Crippen molar-refractivity contribution < 1.29 is 18.1 Å². The van der Waals surface area contributed by atoms with Gasteiger partial charge in [-0.2, -0.15) is 4.99 Å². The summed E-state index contributed by atoms with van der Waals surface area (Å²) in [4.78, 5) is 28.3. The van der Waals surface area contributed by atoms with Gasteiger partial charge in [0, 0.05) is 31.3 Å². The lowest BCUT2D eigenvalue weighted by molar-refractivity contribution is -0.384. The van der Waals surface area contributed by atoms with Crippen LogP contribution < -0.4 is 9.11 Å². The molecule has 0 saturated carbocycles. The number of rotatable bonds is 7. The van der Waals surface area contributed by atoms with Gasteiger partial charge in [0.15, 0.2) is 4.80 Å². The molecular weight excluding hydrogens is 488 g/mol. The minimum absolute atomic E-state index is 0.0301. The fraction of sp³-hybridized carbons (Fsp3) is 0.167. The van der Waals surface area contributed by atoms with Gasteiger partial charge in [-0.05, 0) is 48.9 Å². The molecule has 0 aliphatic carbocycles. The molecule has 1 amide bonds. The molecule has 0 aliphatic rings. The molecule has 0 saturated heterocycles. The molecule has 0 radical (unpaired) electrons. The molecule has 9 nitrogen and oxygen atoms in total. The highest BCUT2D eigenvalue weighted by molar-refractivity contribution is 7.92. The van der Waals surface area contributed by atoms with Gasteiger partial charge in [0.2, 0.25) is 0 Å². The Balaban J connectivity index is 1.67. The molecule has 35 heavy (non-hydrogen) atoms. The summed E-state index contributed by atoms with van der Waals surface area (Å²) in [6.45, 7) is 2.58. The summed E-state index contributed by atoms with van der Waals surface area (Å²) in [7, 11) is -2.33. The van der Waals surface area contributed by atoms with Crippen LogP contribution in [-0.2, 0) is 16.6 Å². The molecule has 1 aromatic heterocycles. The van der Waals surface area contributed by atoms with Crippen LogP contribution in [0.2, 0.25) is 0 Å². The van der Waals surface area contributed by atoms with Crippen molar-refractivity contribution in [2.75, 3.05) is 11.4 Å². The van der Waals surface area contributed by atoms with Gasteiger partial charge in [-0.1, -0.05) is 36.5 Å². The highest BCUT2D eigenvalue weighted by atomic mass is 32.2. The van der Waals surface area contributed by atoms with E-state index in [4.69, 9.17) is 0 Å². The first-order valence-corrected chi connectivity index (χ1v) is 13.0. The standard InChI is InChI=1S/C24H22N4O5S2/c1-3-15-27-21-14-11-19(28(30)31)16-22(21)34-24(27)25-23(29)17-9-12-20(13-10-17)35(32,33)26(2)18-7-5-4-6-8-18/h4-14,16H,3,15H2,1-2H3. The molecular formula is C24H22N4O5S2. The summed E-state index contributed by atoms with van der Waals surface area (Å²) < 4.78 is 29.6. The predicted octanol–water partition coefficient (Wildman–Crippen LogP) is 4.59. The number of sulfonamides is 1. The number of benzene rings is 3. The third kappa shape index (κ3) is 4.86. The summed E-state index contributed by atoms with van der Waals surface area (Å²) in [6, 6.07) is 18.9. The number of hydrogen-bond acceptors (Lipinski definition) is 6. The van der Waals surface area contributed by atoms with Crippen molar-refractivity contribution >= 4 is 48.9 Å². The maximum absolute atomic E-state index is 13.0. The molecule has 3 aromatic carbocycles. The van der Waals surface area contributed by atoms with E-state index < -0.39 is 20.9 Å². The lowest BCUT2D eigenvalue weighted by Gasteiger charge is -2.19. The van der Waals surface area contributed by atoms with Crippen LogP contribution in [0.3, 0.4) is 0 Å². The molecule has 0 spiro atoms. The van der Waals surface area contributed by atoms with Crippen LogP contribution in [-0.4, -0.2) is 30.9 Å². The van der Waals surface area contributed by atoms with Crippen molar-refractivity contribution in [3.05, 3.63) is 93.3 Å². The molecule has 0 aliphatic heterocycles. The van der Waals surface area contributed by atoms with E-state index in [1.54, 1.807) is 36.4 Å². The number of carbonyl (C=O) groups excluding carboxylic acids is 1. The Morgan fingerprint density at radius 1 is 1.09 bits per heavy atom. The average molecular weight is 511 g/mol. The zero-order chi connectivity index (χ0) is 25.2. The largest absolute Gasteiger partial charge is 0.316 e. The number of amides is 1. The minimum atomic E-state index is -3.80.